The van der Waals surface area contributed by atoms with Gasteiger partial charge in [0.15, 0.2) is 11.6 Å². The predicted octanol–water partition coefficient (Wildman–Crippen LogP) is 3.73. The molecule has 0 spiro atoms. The molecule has 0 fully saturated rings. The monoisotopic (exact) mass is 287 g/mol. The summed E-state index contributed by atoms with van der Waals surface area (Å²) in [5.74, 6) is -0.0105. The molecular formula is C18H22FNO. The molecule has 2 aromatic rings. The molecule has 2 aromatic carbocycles. The Labute approximate surface area is 125 Å². The van der Waals surface area contributed by atoms with Crippen LogP contribution in [0.3, 0.4) is 0 Å². The molecule has 0 amide bonds. The van der Waals surface area contributed by atoms with Gasteiger partial charge in [-0.2, -0.15) is 0 Å². The molecule has 1 unspecified atom stereocenters. The molecule has 0 radical (unpaired) electrons. The second-order valence-electron chi connectivity index (χ2n) is 5.22. The standard InChI is InChI=1S/C18H22FNO/c1-2-16(20)12-15-8-9-18(17(19)13-15)21-11-10-14-6-4-3-5-7-14/h3-9,13,16H,2,10-12,20H2,1H3. The fourth-order valence-electron chi connectivity index (χ4n) is 2.16. The van der Waals surface area contributed by atoms with Crippen LogP contribution in [0, 0.1) is 5.82 Å². The van der Waals surface area contributed by atoms with E-state index >= 15 is 0 Å². The molecule has 2 nitrogen and oxygen atoms in total. The molecule has 2 rings (SSSR count). The number of rotatable bonds is 7. The first kappa shape index (κ1) is 15.5. The van der Waals surface area contributed by atoms with E-state index in [1.54, 1.807) is 6.07 Å². The van der Waals surface area contributed by atoms with Crippen molar-refractivity contribution in [1.82, 2.24) is 0 Å². The highest BCUT2D eigenvalue weighted by atomic mass is 19.1. The maximum absolute atomic E-state index is 14.0. The van der Waals surface area contributed by atoms with Crippen LogP contribution in [0.5, 0.6) is 5.75 Å². The number of nitrogens with two attached hydrogens (primary N) is 1. The summed E-state index contributed by atoms with van der Waals surface area (Å²) in [5.41, 5.74) is 7.98. The van der Waals surface area contributed by atoms with Crippen molar-refractivity contribution in [2.24, 2.45) is 5.73 Å². The SMILES string of the molecule is CCC(N)Cc1ccc(OCCc2ccccc2)c(F)c1. The second-order valence-corrected chi connectivity index (χ2v) is 5.22. The van der Waals surface area contributed by atoms with Gasteiger partial charge in [0, 0.05) is 12.5 Å². The summed E-state index contributed by atoms with van der Waals surface area (Å²) in [6.07, 6.45) is 2.34. The maximum atomic E-state index is 14.0. The Balaban J connectivity index is 1.89. The number of hydrogen-bond donors (Lipinski definition) is 1. The van der Waals surface area contributed by atoms with Gasteiger partial charge in [0.1, 0.15) is 0 Å². The quantitative estimate of drug-likeness (QED) is 0.842. The van der Waals surface area contributed by atoms with Crippen molar-refractivity contribution < 1.29 is 9.13 Å². The molecule has 0 heterocycles. The van der Waals surface area contributed by atoms with Crippen LogP contribution in [0.4, 0.5) is 4.39 Å². The van der Waals surface area contributed by atoms with E-state index in [1.807, 2.05) is 43.3 Å². The Kier molecular flexibility index (Phi) is 5.76. The molecule has 0 saturated carbocycles. The third-order valence-corrected chi connectivity index (χ3v) is 3.51. The van der Waals surface area contributed by atoms with Crippen molar-refractivity contribution in [3.05, 3.63) is 65.5 Å². The Morgan fingerprint density at radius 3 is 2.52 bits per heavy atom. The third-order valence-electron chi connectivity index (χ3n) is 3.51. The Morgan fingerprint density at radius 2 is 1.86 bits per heavy atom. The van der Waals surface area contributed by atoms with E-state index in [0.29, 0.717) is 18.8 Å². The van der Waals surface area contributed by atoms with Crippen LogP contribution in [-0.4, -0.2) is 12.6 Å². The smallest absolute Gasteiger partial charge is 0.165 e. The molecule has 112 valence electrons. The highest BCUT2D eigenvalue weighted by Gasteiger charge is 2.07. The van der Waals surface area contributed by atoms with Crippen molar-refractivity contribution >= 4 is 0 Å². The number of hydrogen-bond acceptors (Lipinski definition) is 2. The largest absolute Gasteiger partial charge is 0.490 e. The van der Waals surface area contributed by atoms with Gasteiger partial charge in [-0.05, 0) is 36.1 Å². The zero-order valence-corrected chi connectivity index (χ0v) is 12.4. The van der Waals surface area contributed by atoms with E-state index in [0.717, 1.165) is 18.4 Å². The molecule has 0 aromatic heterocycles. The average Bonchev–Trinajstić information content (AvgIpc) is 2.50. The average molecular weight is 287 g/mol. The minimum Gasteiger partial charge on any atom is -0.490 e. The molecule has 0 saturated heterocycles. The summed E-state index contributed by atoms with van der Waals surface area (Å²) < 4.78 is 19.5. The van der Waals surface area contributed by atoms with Gasteiger partial charge >= 0.3 is 0 Å². The molecule has 21 heavy (non-hydrogen) atoms. The van der Waals surface area contributed by atoms with Crippen LogP contribution in [0.2, 0.25) is 0 Å². The summed E-state index contributed by atoms with van der Waals surface area (Å²) >= 11 is 0. The number of halogens is 1. The van der Waals surface area contributed by atoms with Crippen molar-refractivity contribution in [3.63, 3.8) is 0 Å². The van der Waals surface area contributed by atoms with E-state index in [2.05, 4.69) is 0 Å². The van der Waals surface area contributed by atoms with Gasteiger partial charge in [-0.1, -0.05) is 43.3 Å². The van der Waals surface area contributed by atoms with Crippen LogP contribution in [-0.2, 0) is 12.8 Å². The number of ether oxygens (including phenoxy) is 1. The normalized spacial score (nSPS) is 12.1. The molecule has 0 aliphatic rings. The van der Waals surface area contributed by atoms with Gasteiger partial charge in [-0.15, -0.1) is 0 Å². The van der Waals surface area contributed by atoms with Gasteiger partial charge in [0.2, 0.25) is 0 Å². The Hall–Kier alpha value is -1.87. The minimum absolute atomic E-state index is 0.0780. The predicted molar refractivity (Wildman–Crippen MR) is 84.0 cm³/mol. The zero-order chi connectivity index (χ0) is 15.1. The van der Waals surface area contributed by atoms with E-state index in [9.17, 15) is 4.39 Å². The topological polar surface area (TPSA) is 35.2 Å². The second kappa shape index (κ2) is 7.79. The fraction of sp³-hybridized carbons (Fsp3) is 0.333. The van der Waals surface area contributed by atoms with E-state index in [1.165, 1.54) is 11.6 Å². The van der Waals surface area contributed by atoms with Gasteiger partial charge in [-0.25, -0.2) is 4.39 Å². The third kappa shape index (κ3) is 4.87. The van der Waals surface area contributed by atoms with Gasteiger partial charge in [-0.3, -0.25) is 0 Å². The highest BCUT2D eigenvalue weighted by molar-refractivity contribution is 5.30. The molecule has 0 aliphatic carbocycles. The van der Waals surface area contributed by atoms with Crippen LogP contribution in [0.25, 0.3) is 0 Å². The molecular weight excluding hydrogens is 265 g/mol. The fourth-order valence-corrected chi connectivity index (χ4v) is 2.16. The summed E-state index contributed by atoms with van der Waals surface area (Å²) in [5, 5.41) is 0. The van der Waals surface area contributed by atoms with Crippen molar-refractivity contribution in [1.29, 1.82) is 0 Å². The van der Waals surface area contributed by atoms with Crippen LogP contribution >= 0.6 is 0 Å². The molecule has 3 heteroatoms. The Morgan fingerprint density at radius 1 is 1.10 bits per heavy atom. The lowest BCUT2D eigenvalue weighted by molar-refractivity contribution is 0.305. The lowest BCUT2D eigenvalue weighted by Crippen LogP contribution is -2.21. The van der Waals surface area contributed by atoms with Gasteiger partial charge < -0.3 is 10.5 Å². The first-order chi connectivity index (χ1) is 10.2. The van der Waals surface area contributed by atoms with Gasteiger partial charge in [0.05, 0.1) is 6.61 Å². The van der Waals surface area contributed by atoms with Crippen LogP contribution < -0.4 is 10.5 Å². The molecule has 1 atom stereocenters. The van der Waals surface area contributed by atoms with E-state index in [-0.39, 0.29) is 11.9 Å². The highest BCUT2D eigenvalue weighted by Crippen LogP contribution is 2.19. The van der Waals surface area contributed by atoms with Crippen LogP contribution in [0.1, 0.15) is 24.5 Å². The summed E-state index contributed by atoms with van der Waals surface area (Å²) in [4.78, 5) is 0. The molecule has 0 aliphatic heterocycles. The van der Waals surface area contributed by atoms with Crippen molar-refractivity contribution in [2.75, 3.05) is 6.61 Å². The summed E-state index contributed by atoms with van der Waals surface area (Å²) in [6.45, 7) is 2.50. The zero-order valence-electron chi connectivity index (χ0n) is 12.4. The van der Waals surface area contributed by atoms with E-state index < -0.39 is 0 Å². The van der Waals surface area contributed by atoms with Crippen molar-refractivity contribution in [3.8, 4) is 5.75 Å². The van der Waals surface area contributed by atoms with E-state index in [4.69, 9.17) is 10.5 Å². The molecule has 0 bridgehead atoms. The Bertz CT molecular complexity index is 556. The molecule has 2 N–H and O–H groups in total. The lowest BCUT2D eigenvalue weighted by atomic mass is 10.0. The first-order valence-electron chi connectivity index (χ1n) is 7.39. The lowest BCUT2D eigenvalue weighted by Gasteiger charge is -2.11. The number of benzene rings is 2. The maximum Gasteiger partial charge on any atom is 0.165 e. The van der Waals surface area contributed by atoms with Crippen molar-refractivity contribution in [2.45, 2.75) is 32.2 Å². The van der Waals surface area contributed by atoms with Gasteiger partial charge in [0.25, 0.3) is 0 Å². The summed E-state index contributed by atoms with van der Waals surface area (Å²) in [6, 6.07) is 15.2. The first-order valence-corrected chi connectivity index (χ1v) is 7.39. The van der Waals surface area contributed by atoms with Crippen LogP contribution in [0.15, 0.2) is 48.5 Å². The minimum atomic E-state index is -0.316. The summed E-state index contributed by atoms with van der Waals surface area (Å²) in [7, 11) is 0.